The second-order valence-electron chi connectivity index (χ2n) is 12.6. The number of methoxy groups -OCH3 is 1. The van der Waals surface area contributed by atoms with E-state index in [4.69, 9.17) is 5.73 Å². The Hall–Kier alpha value is -5.46. The molecule has 0 saturated carbocycles. The van der Waals surface area contributed by atoms with E-state index >= 15 is 0 Å². The van der Waals surface area contributed by atoms with Gasteiger partial charge in [0, 0.05) is 66.3 Å². The maximum absolute atomic E-state index is 14.4. The van der Waals surface area contributed by atoms with Crippen molar-refractivity contribution in [2.75, 3.05) is 23.9 Å². The number of hydrogen-bond donors (Lipinski definition) is 3. The van der Waals surface area contributed by atoms with Gasteiger partial charge in [0.1, 0.15) is 0 Å². The lowest BCUT2D eigenvalue weighted by Crippen LogP contribution is -2.43. The third-order valence-electron chi connectivity index (χ3n) is 7.70. The largest absolute Gasteiger partial charge is 0.465 e. The van der Waals surface area contributed by atoms with E-state index in [-0.39, 0.29) is 55.6 Å². The normalized spacial score (nSPS) is 12.3. The van der Waals surface area contributed by atoms with Crippen LogP contribution in [0.5, 0.6) is 0 Å². The van der Waals surface area contributed by atoms with Crippen LogP contribution in [0.2, 0.25) is 0 Å². The summed E-state index contributed by atoms with van der Waals surface area (Å²) in [5.41, 5.74) is 3.96. The second-order valence-corrected chi connectivity index (χ2v) is 14.4. The molecule has 280 valence electrons. The number of nitrogens with two attached hydrogens (primary N) is 1. The third kappa shape index (κ3) is 8.19. The Labute approximate surface area is 295 Å². The van der Waals surface area contributed by atoms with Crippen molar-refractivity contribution in [3.63, 3.8) is 0 Å². The highest BCUT2D eigenvalue weighted by molar-refractivity contribution is 7.91. The fourth-order valence-corrected chi connectivity index (χ4v) is 5.94. The average molecular weight is 751 g/mol. The van der Waals surface area contributed by atoms with E-state index in [1.165, 1.54) is 42.4 Å². The molecule has 0 spiro atoms. The monoisotopic (exact) mass is 750 g/mol. The Bertz CT molecular complexity index is 2370. The first-order chi connectivity index (χ1) is 24.0. The number of rotatable bonds is 9. The van der Waals surface area contributed by atoms with Gasteiger partial charge in [-0.2, -0.15) is 14.9 Å². The van der Waals surface area contributed by atoms with Gasteiger partial charge in [-0.1, -0.05) is 0 Å². The van der Waals surface area contributed by atoms with Crippen LogP contribution in [0.3, 0.4) is 0 Å². The van der Waals surface area contributed by atoms with Crippen LogP contribution in [0, 0.1) is 0 Å². The molecular formula is C33H38F4N8O6S. The number of nitrogens with zero attached hydrogens (tertiary/aromatic N) is 5. The summed E-state index contributed by atoms with van der Waals surface area (Å²) in [5.74, 6) is -7.08. The Morgan fingerprint density at radius 3 is 1.81 bits per heavy atom. The molecule has 0 aliphatic heterocycles. The lowest BCUT2D eigenvalue weighted by atomic mass is 9.95. The molecular weight excluding hydrogens is 712 g/mol. The Morgan fingerprint density at radius 2 is 1.37 bits per heavy atom. The minimum atomic E-state index is -3.93. The van der Waals surface area contributed by atoms with Crippen molar-refractivity contribution >= 4 is 32.6 Å². The summed E-state index contributed by atoms with van der Waals surface area (Å²) in [7, 11) is -2.72. The summed E-state index contributed by atoms with van der Waals surface area (Å²) in [6.45, 7) is 8.92. The molecule has 0 amide bonds. The number of esters is 1. The smallest absolute Gasteiger partial charge is 0.348 e. The molecule has 3 aromatic heterocycles. The zero-order valence-corrected chi connectivity index (χ0v) is 30.3. The molecule has 52 heavy (non-hydrogen) atoms. The van der Waals surface area contributed by atoms with Crippen LogP contribution in [-0.2, 0) is 26.6 Å². The molecule has 2 aromatic carbocycles. The molecule has 4 N–H and O–H groups in total. The van der Waals surface area contributed by atoms with Gasteiger partial charge in [-0.15, -0.1) is 0 Å². The number of sulfonamides is 1. The minimum Gasteiger partial charge on any atom is -0.465 e. The van der Waals surface area contributed by atoms with Crippen molar-refractivity contribution in [3.05, 3.63) is 86.3 Å². The second kappa shape index (κ2) is 14.3. The lowest BCUT2D eigenvalue weighted by Gasteiger charge is -2.20. The van der Waals surface area contributed by atoms with Gasteiger partial charge in [-0.3, -0.25) is 14.2 Å². The molecule has 5 aromatic rings. The van der Waals surface area contributed by atoms with E-state index in [0.717, 1.165) is 25.3 Å². The third-order valence-corrected chi connectivity index (χ3v) is 8.22. The molecule has 0 aliphatic carbocycles. The molecule has 14 nitrogen and oxygen atoms in total. The standard InChI is InChI=1S/C17H19F2N5O4S.C16H19F2N3O2/c1-9(2)23-14(5-6-20-23)10-7-11-13(8-12(10)17(3,18)19)21-16(26)24(15(11)25)22-29(4,27)28;1-9(2)21-14(5-6-20-21)10-7-11(15(22)23-4)13(19)8-12(10)16(3,17)18/h5-9,22H,1-4H3,(H,21,26);5-9H,19H2,1-4H3. The fraction of sp³-hybridized carbons (Fsp3) is 0.364. The topological polar surface area (TPSA) is 189 Å². The van der Waals surface area contributed by atoms with E-state index in [9.17, 15) is 40.4 Å². The first-order valence-electron chi connectivity index (χ1n) is 15.6. The maximum atomic E-state index is 14.4. The van der Waals surface area contributed by atoms with E-state index in [1.807, 2.05) is 27.7 Å². The predicted molar refractivity (Wildman–Crippen MR) is 188 cm³/mol. The van der Waals surface area contributed by atoms with Crippen molar-refractivity contribution in [1.82, 2.24) is 29.2 Å². The van der Waals surface area contributed by atoms with Crippen LogP contribution in [0.4, 0.5) is 23.2 Å². The van der Waals surface area contributed by atoms with Crippen LogP contribution in [-0.4, -0.2) is 57.0 Å². The van der Waals surface area contributed by atoms with E-state index in [1.54, 1.807) is 15.6 Å². The number of carbonyl (C=O) groups excluding carboxylic acids is 1. The summed E-state index contributed by atoms with van der Waals surface area (Å²) >= 11 is 0. The average Bonchev–Trinajstić information content (AvgIpc) is 3.72. The summed E-state index contributed by atoms with van der Waals surface area (Å²) in [4.78, 5) is 40.8. The highest BCUT2D eigenvalue weighted by Crippen LogP contribution is 2.40. The molecule has 3 heterocycles. The van der Waals surface area contributed by atoms with Gasteiger partial charge in [0.05, 0.1) is 41.2 Å². The summed E-state index contributed by atoms with van der Waals surface area (Å²) in [5, 5.41) is 8.15. The quantitative estimate of drug-likeness (QED) is 0.101. The van der Waals surface area contributed by atoms with Gasteiger partial charge >= 0.3 is 11.7 Å². The van der Waals surface area contributed by atoms with E-state index < -0.39 is 44.7 Å². The molecule has 0 radical (unpaired) electrons. The number of carbonyl (C=O) groups is 1. The zero-order valence-electron chi connectivity index (χ0n) is 29.5. The van der Waals surface area contributed by atoms with E-state index in [0.29, 0.717) is 18.3 Å². The Balaban J connectivity index is 0.000000239. The minimum absolute atomic E-state index is 0.0301. The lowest BCUT2D eigenvalue weighted by molar-refractivity contribution is 0.0174. The number of nitrogens with one attached hydrogen (secondary N) is 2. The summed E-state index contributed by atoms with van der Waals surface area (Å²) < 4.78 is 87.8. The van der Waals surface area contributed by atoms with Crippen molar-refractivity contribution in [2.45, 2.75) is 65.5 Å². The molecule has 0 aliphatic rings. The number of aromatic amines is 1. The van der Waals surface area contributed by atoms with Crippen LogP contribution in [0.1, 0.15) is 75.1 Å². The number of hydrogen-bond acceptors (Lipinski definition) is 9. The Kier molecular flexibility index (Phi) is 10.8. The van der Waals surface area contributed by atoms with Gasteiger partial charge in [0.2, 0.25) is 10.0 Å². The molecule has 5 rings (SSSR count). The highest BCUT2D eigenvalue weighted by atomic mass is 32.2. The Morgan fingerprint density at radius 1 is 0.885 bits per heavy atom. The first kappa shape index (κ1) is 39.3. The molecule has 0 saturated heterocycles. The number of nitrogen functional groups attached to an aromatic ring is 1. The number of benzene rings is 2. The van der Waals surface area contributed by atoms with Crippen molar-refractivity contribution in [3.8, 4) is 22.5 Å². The van der Waals surface area contributed by atoms with Gasteiger partial charge in [0.15, 0.2) is 0 Å². The highest BCUT2D eigenvalue weighted by Gasteiger charge is 2.32. The number of alkyl halides is 4. The van der Waals surface area contributed by atoms with Crippen molar-refractivity contribution < 1.29 is 35.5 Å². The molecule has 19 heteroatoms. The van der Waals surface area contributed by atoms with E-state index in [2.05, 4.69) is 19.9 Å². The number of halogens is 4. The molecule has 0 atom stereocenters. The first-order valence-corrected chi connectivity index (χ1v) is 17.5. The number of anilines is 1. The predicted octanol–water partition coefficient (Wildman–Crippen LogP) is 5.36. The van der Waals surface area contributed by atoms with Gasteiger partial charge < -0.3 is 15.5 Å². The zero-order chi connectivity index (χ0) is 39.1. The summed E-state index contributed by atoms with van der Waals surface area (Å²) in [6.07, 6.45) is 3.75. The fourth-order valence-electron chi connectivity index (χ4n) is 5.44. The molecule has 0 unspecified atom stereocenters. The van der Waals surface area contributed by atoms with Gasteiger partial charge in [0.25, 0.3) is 17.4 Å². The number of fused-ring (bicyclic) bond motifs is 1. The van der Waals surface area contributed by atoms with Crippen LogP contribution < -0.4 is 21.8 Å². The van der Waals surface area contributed by atoms with Gasteiger partial charge in [-0.25, -0.2) is 40.4 Å². The van der Waals surface area contributed by atoms with Gasteiger partial charge in [-0.05, 0) is 64.1 Å². The van der Waals surface area contributed by atoms with Crippen molar-refractivity contribution in [2.24, 2.45) is 0 Å². The SMILES string of the molecule is CC(C)n1nccc1-c1cc2c(=O)n(NS(C)(=O)=O)c(=O)[nH]c2cc1C(C)(F)F.COC(=O)c1cc(-c2ccnn2C(C)C)c(C(C)(F)F)cc1N. The molecule has 0 fully saturated rings. The van der Waals surface area contributed by atoms with Crippen LogP contribution in [0.15, 0.2) is 58.4 Å². The summed E-state index contributed by atoms with van der Waals surface area (Å²) in [6, 6.07) is 7.68. The number of aromatic nitrogens is 6. The molecule has 0 bridgehead atoms. The van der Waals surface area contributed by atoms with Crippen LogP contribution in [0.25, 0.3) is 33.4 Å². The maximum Gasteiger partial charge on any atom is 0.348 e. The van der Waals surface area contributed by atoms with Crippen molar-refractivity contribution in [1.29, 1.82) is 0 Å². The number of H-pyrrole nitrogens is 1. The number of ether oxygens (including phenoxy) is 1. The van der Waals surface area contributed by atoms with Crippen LogP contribution >= 0.6 is 0 Å².